The summed E-state index contributed by atoms with van der Waals surface area (Å²) in [5, 5.41) is 13.6. The minimum absolute atomic E-state index is 0.00657. The van der Waals surface area contributed by atoms with E-state index >= 15 is 0 Å². The van der Waals surface area contributed by atoms with Crippen molar-refractivity contribution < 1.29 is 13.7 Å². The van der Waals surface area contributed by atoms with Gasteiger partial charge in [0, 0.05) is 12.1 Å². The number of halogens is 2. The van der Waals surface area contributed by atoms with Gasteiger partial charge in [-0.1, -0.05) is 6.92 Å². The highest BCUT2D eigenvalue weighted by atomic mass is 19.2. The molecule has 0 bridgehead atoms. The molecule has 1 aliphatic rings. The summed E-state index contributed by atoms with van der Waals surface area (Å²) in [6.07, 6.45) is 1.96. The van der Waals surface area contributed by atoms with Gasteiger partial charge in [-0.05, 0) is 31.2 Å². The lowest BCUT2D eigenvalue weighted by atomic mass is 10.0. The van der Waals surface area contributed by atoms with Crippen molar-refractivity contribution in [2.75, 3.05) is 5.32 Å². The number of rotatable bonds is 4. The Balaban J connectivity index is 2.35. The van der Waals surface area contributed by atoms with E-state index in [2.05, 4.69) is 5.32 Å². The average molecular weight is 256 g/mol. The standard InChI is InChI=1S/C12H14F2N2O2/c1-7(12(2)5-6-12)15-11-9(16(17)18)4-3-8(13)10(11)14/h3-4,7,15H,5-6H2,1-2H3. The molecule has 1 saturated carbocycles. The second-order valence-corrected chi connectivity index (χ2v) is 5.03. The minimum atomic E-state index is -1.19. The van der Waals surface area contributed by atoms with Gasteiger partial charge in [0.15, 0.2) is 17.3 Å². The quantitative estimate of drug-likeness (QED) is 0.662. The fourth-order valence-electron chi connectivity index (χ4n) is 1.85. The molecule has 4 nitrogen and oxygen atoms in total. The molecular weight excluding hydrogens is 242 g/mol. The van der Waals surface area contributed by atoms with E-state index in [9.17, 15) is 18.9 Å². The molecule has 6 heteroatoms. The molecule has 0 spiro atoms. The lowest BCUT2D eigenvalue weighted by molar-refractivity contribution is -0.384. The molecule has 1 aliphatic carbocycles. The van der Waals surface area contributed by atoms with E-state index < -0.39 is 22.2 Å². The molecule has 0 radical (unpaired) electrons. The fraction of sp³-hybridized carbons (Fsp3) is 0.500. The van der Waals surface area contributed by atoms with Crippen LogP contribution in [0.15, 0.2) is 12.1 Å². The van der Waals surface area contributed by atoms with Gasteiger partial charge in [0.2, 0.25) is 0 Å². The van der Waals surface area contributed by atoms with Crippen LogP contribution >= 0.6 is 0 Å². The summed E-state index contributed by atoms with van der Waals surface area (Å²) in [6.45, 7) is 3.83. The highest BCUT2D eigenvalue weighted by molar-refractivity contribution is 5.63. The van der Waals surface area contributed by atoms with E-state index in [-0.39, 0.29) is 17.1 Å². The van der Waals surface area contributed by atoms with Crippen LogP contribution in [0, 0.1) is 27.2 Å². The summed E-state index contributed by atoms with van der Waals surface area (Å²) in [5.74, 6) is -2.28. The zero-order chi connectivity index (χ0) is 13.5. The first-order chi connectivity index (χ1) is 8.35. The largest absolute Gasteiger partial charge is 0.374 e. The van der Waals surface area contributed by atoms with Crippen LogP contribution in [0.5, 0.6) is 0 Å². The second kappa shape index (κ2) is 4.19. The maximum Gasteiger partial charge on any atom is 0.295 e. The van der Waals surface area contributed by atoms with Gasteiger partial charge in [-0.2, -0.15) is 0 Å². The van der Waals surface area contributed by atoms with Gasteiger partial charge in [0.25, 0.3) is 5.69 Å². The lowest BCUT2D eigenvalue weighted by Gasteiger charge is -2.21. The van der Waals surface area contributed by atoms with Crippen molar-refractivity contribution in [3.05, 3.63) is 33.9 Å². The number of nitro benzene ring substituents is 1. The second-order valence-electron chi connectivity index (χ2n) is 5.03. The van der Waals surface area contributed by atoms with Crippen LogP contribution in [-0.2, 0) is 0 Å². The molecule has 0 aromatic heterocycles. The zero-order valence-corrected chi connectivity index (χ0v) is 10.2. The van der Waals surface area contributed by atoms with E-state index in [1.165, 1.54) is 0 Å². The molecular formula is C12H14F2N2O2. The van der Waals surface area contributed by atoms with Crippen LogP contribution in [0.1, 0.15) is 26.7 Å². The number of nitro groups is 1. The monoisotopic (exact) mass is 256 g/mol. The Bertz CT molecular complexity index is 501. The molecule has 1 aromatic carbocycles. The first kappa shape index (κ1) is 12.7. The third kappa shape index (κ3) is 2.14. The van der Waals surface area contributed by atoms with Gasteiger partial charge in [-0.3, -0.25) is 10.1 Å². The highest BCUT2D eigenvalue weighted by Gasteiger charge is 2.43. The van der Waals surface area contributed by atoms with E-state index in [0.717, 1.165) is 25.0 Å². The number of benzene rings is 1. The van der Waals surface area contributed by atoms with E-state index in [0.29, 0.717) is 0 Å². The summed E-state index contributed by atoms with van der Waals surface area (Å²) in [6, 6.07) is 1.60. The first-order valence-electron chi connectivity index (χ1n) is 5.74. The Morgan fingerprint density at radius 2 is 2.06 bits per heavy atom. The molecule has 0 aliphatic heterocycles. The number of hydrogen-bond donors (Lipinski definition) is 1. The smallest absolute Gasteiger partial charge is 0.295 e. The van der Waals surface area contributed by atoms with E-state index in [4.69, 9.17) is 0 Å². The summed E-state index contributed by atoms with van der Waals surface area (Å²) in [5.41, 5.74) is -0.794. The van der Waals surface area contributed by atoms with Gasteiger partial charge in [-0.25, -0.2) is 8.78 Å². The summed E-state index contributed by atoms with van der Waals surface area (Å²) < 4.78 is 26.8. The van der Waals surface area contributed by atoms with E-state index in [1.807, 2.05) is 13.8 Å². The number of nitrogens with zero attached hydrogens (tertiary/aromatic N) is 1. The van der Waals surface area contributed by atoms with Gasteiger partial charge in [-0.15, -0.1) is 0 Å². The normalized spacial score (nSPS) is 18.2. The Morgan fingerprint density at radius 3 is 2.56 bits per heavy atom. The maximum absolute atomic E-state index is 13.6. The number of hydrogen-bond acceptors (Lipinski definition) is 3. The number of anilines is 1. The molecule has 0 saturated heterocycles. The Kier molecular flexibility index (Phi) is 2.96. The molecule has 98 valence electrons. The van der Waals surface area contributed by atoms with Crippen molar-refractivity contribution in [3.8, 4) is 0 Å². The molecule has 1 aromatic rings. The van der Waals surface area contributed by atoms with Gasteiger partial charge < -0.3 is 5.32 Å². The van der Waals surface area contributed by atoms with Crippen molar-refractivity contribution in [1.82, 2.24) is 0 Å². The predicted molar refractivity (Wildman–Crippen MR) is 63.4 cm³/mol. The van der Waals surface area contributed by atoms with Crippen LogP contribution in [0.3, 0.4) is 0 Å². The Hall–Kier alpha value is -1.72. The van der Waals surface area contributed by atoms with Crippen LogP contribution < -0.4 is 5.32 Å². The minimum Gasteiger partial charge on any atom is -0.374 e. The molecule has 0 heterocycles. The van der Waals surface area contributed by atoms with Crippen LogP contribution in [0.4, 0.5) is 20.2 Å². The van der Waals surface area contributed by atoms with Crippen LogP contribution in [-0.4, -0.2) is 11.0 Å². The van der Waals surface area contributed by atoms with Gasteiger partial charge in [0.1, 0.15) is 0 Å². The van der Waals surface area contributed by atoms with Crippen molar-refractivity contribution in [2.24, 2.45) is 5.41 Å². The van der Waals surface area contributed by atoms with Crippen LogP contribution in [0.25, 0.3) is 0 Å². The highest BCUT2D eigenvalue weighted by Crippen LogP contribution is 2.49. The van der Waals surface area contributed by atoms with Crippen LogP contribution in [0.2, 0.25) is 0 Å². The summed E-state index contributed by atoms with van der Waals surface area (Å²) in [4.78, 5) is 10.1. The lowest BCUT2D eigenvalue weighted by Crippen LogP contribution is -2.26. The fourth-order valence-corrected chi connectivity index (χ4v) is 1.85. The van der Waals surface area contributed by atoms with Crippen molar-refractivity contribution in [2.45, 2.75) is 32.7 Å². The zero-order valence-electron chi connectivity index (χ0n) is 10.2. The van der Waals surface area contributed by atoms with Crippen molar-refractivity contribution in [1.29, 1.82) is 0 Å². The molecule has 1 atom stereocenters. The molecule has 2 rings (SSSR count). The third-order valence-corrected chi connectivity index (χ3v) is 3.71. The predicted octanol–water partition coefficient (Wildman–Crippen LogP) is 3.47. The molecule has 1 fully saturated rings. The van der Waals surface area contributed by atoms with Crippen molar-refractivity contribution >= 4 is 11.4 Å². The molecule has 18 heavy (non-hydrogen) atoms. The topological polar surface area (TPSA) is 55.2 Å². The molecule has 1 N–H and O–H groups in total. The van der Waals surface area contributed by atoms with Gasteiger partial charge >= 0.3 is 0 Å². The maximum atomic E-state index is 13.6. The Labute approximate surface area is 103 Å². The first-order valence-corrected chi connectivity index (χ1v) is 5.74. The van der Waals surface area contributed by atoms with Crippen molar-refractivity contribution in [3.63, 3.8) is 0 Å². The summed E-state index contributed by atoms with van der Waals surface area (Å²) >= 11 is 0. The third-order valence-electron chi connectivity index (χ3n) is 3.71. The number of nitrogens with one attached hydrogen (secondary N) is 1. The molecule has 1 unspecified atom stereocenters. The average Bonchev–Trinajstić information content (AvgIpc) is 3.04. The van der Waals surface area contributed by atoms with Gasteiger partial charge in [0.05, 0.1) is 4.92 Å². The molecule has 0 amide bonds. The van der Waals surface area contributed by atoms with E-state index in [1.54, 1.807) is 0 Å². The Morgan fingerprint density at radius 1 is 1.44 bits per heavy atom. The SMILES string of the molecule is CC(Nc1c([N+](=O)[O-])ccc(F)c1F)C1(C)CC1. The summed E-state index contributed by atoms with van der Waals surface area (Å²) in [7, 11) is 0.